The largest absolute Gasteiger partial charge is 0.310 e. The minimum Gasteiger partial charge on any atom is -0.310 e. The van der Waals surface area contributed by atoms with Crippen molar-refractivity contribution < 1.29 is 4.79 Å². The average molecular weight is 335 g/mol. The monoisotopic (exact) mass is 335 g/mol. The highest BCUT2D eigenvalue weighted by Crippen LogP contribution is 2.34. The molecule has 1 amide bonds. The van der Waals surface area contributed by atoms with Crippen LogP contribution < -0.4 is 4.90 Å². The third kappa shape index (κ3) is 2.95. The molecule has 0 N–H and O–H groups in total. The van der Waals surface area contributed by atoms with Gasteiger partial charge < -0.3 is 4.90 Å². The van der Waals surface area contributed by atoms with E-state index >= 15 is 0 Å². The van der Waals surface area contributed by atoms with Crippen LogP contribution in [0.4, 0.5) is 5.69 Å². The van der Waals surface area contributed by atoms with Crippen LogP contribution in [0.1, 0.15) is 5.56 Å². The highest BCUT2D eigenvalue weighted by molar-refractivity contribution is 7.99. The first-order chi connectivity index (χ1) is 11.8. The Morgan fingerprint density at radius 1 is 1.08 bits per heavy atom. The molecule has 0 atom stereocenters. The Kier molecular flexibility index (Phi) is 4.09. The smallest absolute Gasteiger partial charge is 0.231 e. The fraction of sp³-hybridized carbons (Fsp3) is 0.158. The lowest BCUT2D eigenvalue weighted by Crippen LogP contribution is -2.36. The molecule has 5 heteroatoms. The van der Waals surface area contributed by atoms with E-state index in [4.69, 9.17) is 0 Å². The maximum atomic E-state index is 12.8. The van der Waals surface area contributed by atoms with Gasteiger partial charge in [-0.2, -0.15) is 5.10 Å². The van der Waals surface area contributed by atoms with E-state index < -0.39 is 0 Å². The Bertz CT molecular complexity index is 860. The summed E-state index contributed by atoms with van der Waals surface area (Å²) in [5.41, 5.74) is 2.95. The molecule has 24 heavy (non-hydrogen) atoms. The standard InChI is InChI=1S/C19H17N3OS/c23-19(21-10-11-24-18-9-5-4-8-17(18)21)12-15-13-20-22(14-15)16-6-2-1-3-7-16/h1-9,13-14H,10-12H2. The van der Waals surface area contributed by atoms with E-state index in [9.17, 15) is 4.79 Å². The van der Waals surface area contributed by atoms with Crippen molar-refractivity contribution in [2.75, 3.05) is 17.2 Å². The molecular weight excluding hydrogens is 318 g/mol. The Hall–Kier alpha value is -2.53. The van der Waals surface area contributed by atoms with Crippen molar-refractivity contribution in [3.05, 3.63) is 72.6 Å². The Balaban J connectivity index is 1.53. The van der Waals surface area contributed by atoms with E-state index in [2.05, 4.69) is 11.2 Å². The SMILES string of the molecule is O=C(Cc1cnn(-c2ccccc2)c1)N1CCSc2ccccc21. The maximum absolute atomic E-state index is 12.8. The van der Waals surface area contributed by atoms with Gasteiger partial charge in [0.15, 0.2) is 0 Å². The third-order valence-electron chi connectivity index (χ3n) is 4.04. The molecule has 0 saturated heterocycles. The van der Waals surface area contributed by atoms with Gasteiger partial charge in [-0.05, 0) is 29.8 Å². The van der Waals surface area contributed by atoms with E-state index in [0.29, 0.717) is 6.42 Å². The summed E-state index contributed by atoms with van der Waals surface area (Å²) in [5.74, 6) is 1.06. The summed E-state index contributed by atoms with van der Waals surface area (Å²) in [6, 6.07) is 18.0. The molecule has 2 heterocycles. The second kappa shape index (κ2) is 6.53. The highest BCUT2D eigenvalue weighted by Gasteiger charge is 2.22. The number of fused-ring (bicyclic) bond motifs is 1. The zero-order valence-corrected chi connectivity index (χ0v) is 13.9. The molecule has 1 aliphatic rings. The number of hydrogen-bond acceptors (Lipinski definition) is 3. The van der Waals surface area contributed by atoms with Crippen LogP contribution in [0.5, 0.6) is 0 Å². The first-order valence-electron chi connectivity index (χ1n) is 7.92. The average Bonchev–Trinajstić information content (AvgIpc) is 3.10. The molecule has 2 aromatic carbocycles. The summed E-state index contributed by atoms with van der Waals surface area (Å²) in [6.45, 7) is 0.757. The lowest BCUT2D eigenvalue weighted by atomic mass is 10.2. The number of benzene rings is 2. The van der Waals surface area contributed by atoms with E-state index in [-0.39, 0.29) is 5.91 Å². The minimum atomic E-state index is 0.121. The predicted octanol–water partition coefficient (Wildman–Crippen LogP) is 3.55. The number of thioether (sulfide) groups is 1. The van der Waals surface area contributed by atoms with Crippen molar-refractivity contribution in [3.8, 4) is 5.69 Å². The van der Waals surface area contributed by atoms with E-state index in [1.165, 1.54) is 4.90 Å². The molecule has 0 fully saturated rings. The number of carbonyl (C=O) groups excluding carboxylic acids is 1. The molecule has 0 saturated carbocycles. The van der Waals surface area contributed by atoms with Crippen molar-refractivity contribution in [2.45, 2.75) is 11.3 Å². The van der Waals surface area contributed by atoms with Crippen LogP contribution in [-0.4, -0.2) is 28.0 Å². The fourth-order valence-electron chi connectivity index (χ4n) is 2.87. The molecule has 0 aliphatic carbocycles. The molecule has 0 spiro atoms. The summed E-state index contributed by atoms with van der Waals surface area (Å²) in [7, 11) is 0. The molecule has 0 bridgehead atoms. The summed E-state index contributed by atoms with van der Waals surface area (Å²) >= 11 is 1.81. The molecule has 0 radical (unpaired) electrons. The van der Waals surface area contributed by atoms with Gasteiger partial charge in [-0.15, -0.1) is 11.8 Å². The Morgan fingerprint density at radius 3 is 2.75 bits per heavy atom. The topological polar surface area (TPSA) is 38.1 Å². The fourth-order valence-corrected chi connectivity index (χ4v) is 3.87. The predicted molar refractivity (Wildman–Crippen MR) is 96.8 cm³/mol. The van der Waals surface area contributed by atoms with Gasteiger partial charge in [-0.25, -0.2) is 4.68 Å². The first kappa shape index (κ1) is 15.0. The van der Waals surface area contributed by atoms with Crippen LogP contribution in [-0.2, 0) is 11.2 Å². The lowest BCUT2D eigenvalue weighted by molar-refractivity contribution is -0.118. The van der Waals surface area contributed by atoms with Crippen molar-refractivity contribution in [1.82, 2.24) is 9.78 Å². The number of nitrogens with zero attached hydrogens (tertiary/aromatic N) is 3. The van der Waals surface area contributed by atoms with Crippen molar-refractivity contribution >= 4 is 23.4 Å². The van der Waals surface area contributed by atoms with Crippen LogP contribution in [0.3, 0.4) is 0 Å². The van der Waals surface area contributed by atoms with Crippen LogP contribution >= 0.6 is 11.8 Å². The lowest BCUT2D eigenvalue weighted by Gasteiger charge is -2.28. The molecule has 3 aromatic rings. The number of aromatic nitrogens is 2. The molecular formula is C19H17N3OS. The summed E-state index contributed by atoms with van der Waals surface area (Å²) < 4.78 is 1.81. The Morgan fingerprint density at radius 2 is 1.88 bits per heavy atom. The van der Waals surface area contributed by atoms with Gasteiger partial charge in [-0.3, -0.25) is 4.79 Å². The number of anilines is 1. The van der Waals surface area contributed by atoms with Crippen LogP contribution in [0, 0.1) is 0 Å². The zero-order valence-electron chi connectivity index (χ0n) is 13.1. The molecule has 0 unspecified atom stereocenters. The Labute approximate surface area is 145 Å². The van der Waals surface area contributed by atoms with E-state index in [0.717, 1.165) is 29.2 Å². The summed E-state index contributed by atoms with van der Waals surface area (Å²) in [4.78, 5) is 15.8. The van der Waals surface area contributed by atoms with Crippen LogP contribution in [0.2, 0.25) is 0 Å². The van der Waals surface area contributed by atoms with Gasteiger partial charge in [0, 0.05) is 23.4 Å². The minimum absolute atomic E-state index is 0.121. The second-order valence-corrected chi connectivity index (χ2v) is 6.80. The molecule has 1 aliphatic heterocycles. The summed E-state index contributed by atoms with van der Waals surface area (Å²) in [5, 5.41) is 4.37. The van der Waals surface area contributed by atoms with Gasteiger partial charge in [0.25, 0.3) is 0 Å². The quantitative estimate of drug-likeness (QED) is 0.735. The number of amides is 1. The van der Waals surface area contributed by atoms with Gasteiger partial charge in [0.1, 0.15) is 0 Å². The van der Waals surface area contributed by atoms with Crippen LogP contribution in [0.15, 0.2) is 71.9 Å². The molecule has 1 aromatic heterocycles. The van der Waals surface area contributed by atoms with E-state index in [1.807, 2.05) is 76.1 Å². The number of carbonyl (C=O) groups is 1. The second-order valence-electron chi connectivity index (χ2n) is 5.67. The van der Waals surface area contributed by atoms with Crippen LogP contribution in [0.25, 0.3) is 5.69 Å². The first-order valence-corrected chi connectivity index (χ1v) is 8.91. The highest BCUT2D eigenvalue weighted by atomic mass is 32.2. The molecule has 4 rings (SSSR count). The van der Waals surface area contributed by atoms with E-state index in [1.54, 1.807) is 6.20 Å². The number of hydrogen-bond donors (Lipinski definition) is 0. The summed E-state index contributed by atoms with van der Waals surface area (Å²) in [6.07, 6.45) is 4.07. The van der Waals surface area contributed by atoms with Crippen molar-refractivity contribution in [1.29, 1.82) is 0 Å². The number of rotatable bonds is 3. The van der Waals surface area contributed by atoms with Crippen molar-refractivity contribution in [2.24, 2.45) is 0 Å². The third-order valence-corrected chi connectivity index (χ3v) is 5.08. The normalized spacial score (nSPS) is 13.6. The van der Waals surface area contributed by atoms with Crippen molar-refractivity contribution in [3.63, 3.8) is 0 Å². The molecule has 120 valence electrons. The number of para-hydroxylation sites is 2. The van der Waals surface area contributed by atoms with Gasteiger partial charge in [-0.1, -0.05) is 30.3 Å². The maximum Gasteiger partial charge on any atom is 0.231 e. The van der Waals surface area contributed by atoms with Gasteiger partial charge in [0.05, 0.1) is 24.0 Å². The van der Waals surface area contributed by atoms with Gasteiger partial charge >= 0.3 is 0 Å². The zero-order chi connectivity index (χ0) is 16.4. The molecule has 4 nitrogen and oxygen atoms in total. The van der Waals surface area contributed by atoms with Gasteiger partial charge in [0.2, 0.25) is 5.91 Å².